The van der Waals surface area contributed by atoms with Gasteiger partial charge in [-0.2, -0.15) is 0 Å². The molecule has 2 heterocycles. The second kappa shape index (κ2) is 5.95. The highest BCUT2D eigenvalue weighted by Crippen LogP contribution is 2.31. The topological polar surface area (TPSA) is 94.9 Å². The van der Waals surface area contributed by atoms with Gasteiger partial charge in [0.2, 0.25) is 5.91 Å². The number of fused-ring (bicyclic) bond motifs is 2. The maximum atomic E-state index is 12.8. The molecule has 0 radical (unpaired) electrons. The molecule has 5 rings (SSSR count). The van der Waals surface area contributed by atoms with Crippen molar-refractivity contribution < 1.29 is 4.79 Å². The number of nitrogens with one attached hydrogen (secondary N) is 1. The summed E-state index contributed by atoms with van der Waals surface area (Å²) in [4.78, 5) is 29.2. The van der Waals surface area contributed by atoms with E-state index in [1.807, 2.05) is 30.3 Å². The SMILES string of the molecule is Cn1c(=O)n(-c2cc(N)c3cnc(NC(=O)C4CC4)cc3c2)c2ccccc21. The van der Waals surface area contributed by atoms with Gasteiger partial charge in [-0.05, 0) is 48.6 Å². The molecule has 1 aliphatic carbocycles. The van der Waals surface area contributed by atoms with Crippen molar-refractivity contribution in [2.75, 3.05) is 11.1 Å². The molecule has 7 heteroatoms. The van der Waals surface area contributed by atoms with Crippen LogP contribution in [-0.4, -0.2) is 20.0 Å². The number of nitrogens with zero attached hydrogens (tertiary/aromatic N) is 3. The lowest BCUT2D eigenvalue weighted by atomic mass is 10.1. The van der Waals surface area contributed by atoms with E-state index in [0.717, 1.165) is 34.6 Å². The van der Waals surface area contributed by atoms with Gasteiger partial charge in [-0.1, -0.05) is 12.1 Å². The molecule has 0 unspecified atom stereocenters. The standard InChI is InChI=1S/C21H19N5O2/c1-25-17-4-2-3-5-18(17)26(21(25)28)14-8-13-9-19(24-20(27)12-6-7-12)23-11-15(13)16(22)10-14/h2-5,8-12H,6-7,22H2,1H3,(H,23,24,27). The summed E-state index contributed by atoms with van der Waals surface area (Å²) in [6, 6.07) is 13.1. The molecular formula is C21H19N5O2. The first-order valence-electron chi connectivity index (χ1n) is 9.20. The Bertz CT molecular complexity index is 1310. The minimum Gasteiger partial charge on any atom is -0.398 e. The van der Waals surface area contributed by atoms with Crippen LogP contribution in [0.5, 0.6) is 0 Å². The molecule has 1 fully saturated rings. The first kappa shape index (κ1) is 16.6. The number of carbonyl (C=O) groups excluding carboxylic acids is 1. The molecule has 140 valence electrons. The second-order valence-electron chi connectivity index (χ2n) is 7.25. The Balaban J connectivity index is 1.67. The van der Waals surface area contributed by atoms with E-state index >= 15 is 0 Å². The number of hydrogen-bond donors (Lipinski definition) is 2. The fourth-order valence-corrected chi connectivity index (χ4v) is 3.58. The Kier molecular flexibility index (Phi) is 3.52. The van der Waals surface area contributed by atoms with E-state index in [1.54, 1.807) is 34.5 Å². The summed E-state index contributed by atoms with van der Waals surface area (Å²) in [7, 11) is 1.75. The minimum absolute atomic E-state index is 0.00116. The van der Waals surface area contributed by atoms with Gasteiger partial charge in [0.05, 0.1) is 16.7 Å². The number of aromatic nitrogens is 3. The van der Waals surface area contributed by atoms with Gasteiger partial charge < -0.3 is 11.1 Å². The lowest BCUT2D eigenvalue weighted by Gasteiger charge is -2.10. The number of imidazole rings is 1. The van der Waals surface area contributed by atoms with E-state index < -0.39 is 0 Å². The summed E-state index contributed by atoms with van der Waals surface area (Å²) in [5.74, 6) is 0.593. The molecule has 1 saturated carbocycles. The predicted octanol–water partition coefficient (Wildman–Crippen LogP) is 2.81. The van der Waals surface area contributed by atoms with Crippen molar-refractivity contribution in [1.29, 1.82) is 0 Å². The first-order valence-corrected chi connectivity index (χ1v) is 9.20. The van der Waals surface area contributed by atoms with E-state index in [2.05, 4.69) is 10.3 Å². The lowest BCUT2D eigenvalue weighted by molar-refractivity contribution is -0.117. The number of nitrogens with two attached hydrogens (primary N) is 1. The first-order chi connectivity index (χ1) is 13.5. The second-order valence-corrected chi connectivity index (χ2v) is 7.25. The number of nitrogen functional groups attached to an aromatic ring is 1. The van der Waals surface area contributed by atoms with E-state index in [1.165, 1.54) is 0 Å². The van der Waals surface area contributed by atoms with E-state index in [9.17, 15) is 9.59 Å². The van der Waals surface area contributed by atoms with Crippen LogP contribution in [0, 0.1) is 5.92 Å². The fourth-order valence-electron chi connectivity index (χ4n) is 3.58. The molecule has 0 spiro atoms. The monoisotopic (exact) mass is 373 g/mol. The Morgan fingerprint density at radius 3 is 2.68 bits per heavy atom. The van der Waals surface area contributed by atoms with Gasteiger partial charge in [0.25, 0.3) is 0 Å². The quantitative estimate of drug-likeness (QED) is 0.540. The van der Waals surface area contributed by atoms with E-state index in [4.69, 9.17) is 5.73 Å². The number of carbonyl (C=O) groups is 1. The lowest BCUT2D eigenvalue weighted by Crippen LogP contribution is -2.21. The van der Waals surface area contributed by atoms with Crippen molar-refractivity contribution in [3.05, 3.63) is 59.1 Å². The molecule has 3 N–H and O–H groups in total. The summed E-state index contributed by atoms with van der Waals surface area (Å²) in [6.45, 7) is 0. The van der Waals surface area contributed by atoms with Crippen molar-refractivity contribution in [3.63, 3.8) is 0 Å². The molecule has 1 aliphatic rings. The van der Waals surface area contributed by atoms with Crippen molar-refractivity contribution >= 4 is 39.2 Å². The molecule has 2 aromatic heterocycles. The van der Waals surface area contributed by atoms with Crippen molar-refractivity contribution in [2.24, 2.45) is 13.0 Å². The number of anilines is 2. The van der Waals surface area contributed by atoms with E-state index in [0.29, 0.717) is 17.2 Å². The molecule has 0 bridgehead atoms. The maximum absolute atomic E-state index is 12.8. The number of pyridine rings is 1. The van der Waals surface area contributed by atoms with Gasteiger partial charge in [0, 0.05) is 30.2 Å². The van der Waals surface area contributed by atoms with Crippen LogP contribution in [-0.2, 0) is 11.8 Å². The van der Waals surface area contributed by atoms with Gasteiger partial charge in [0.1, 0.15) is 5.82 Å². The molecular weight excluding hydrogens is 354 g/mol. The van der Waals surface area contributed by atoms with Gasteiger partial charge in [-0.25, -0.2) is 9.78 Å². The number of hydrogen-bond acceptors (Lipinski definition) is 4. The van der Waals surface area contributed by atoms with Crippen molar-refractivity contribution in [3.8, 4) is 5.69 Å². The highest BCUT2D eigenvalue weighted by Gasteiger charge is 2.29. The van der Waals surface area contributed by atoms with Crippen molar-refractivity contribution in [2.45, 2.75) is 12.8 Å². The van der Waals surface area contributed by atoms with Gasteiger partial charge in [0.15, 0.2) is 0 Å². The third-order valence-electron chi connectivity index (χ3n) is 5.27. The average Bonchev–Trinajstić information content (AvgIpc) is 3.50. The van der Waals surface area contributed by atoms with Crippen LogP contribution in [0.2, 0.25) is 0 Å². The number of para-hydroxylation sites is 2. The molecule has 28 heavy (non-hydrogen) atoms. The van der Waals surface area contributed by atoms with Crippen molar-refractivity contribution in [1.82, 2.24) is 14.1 Å². The van der Waals surface area contributed by atoms with Gasteiger partial charge in [-0.3, -0.25) is 13.9 Å². The number of benzene rings is 2. The number of amides is 1. The van der Waals surface area contributed by atoms with Crippen LogP contribution < -0.4 is 16.7 Å². The van der Waals surface area contributed by atoms with Crippen LogP contribution in [0.25, 0.3) is 27.5 Å². The molecule has 1 amide bonds. The summed E-state index contributed by atoms with van der Waals surface area (Å²) >= 11 is 0. The fraction of sp³-hybridized carbons (Fsp3) is 0.190. The zero-order chi connectivity index (χ0) is 19.4. The molecule has 4 aromatic rings. The van der Waals surface area contributed by atoms with Crippen LogP contribution in [0.3, 0.4) is 0 Å². The number of rotatable bonds is 3. The third-order valence-corrected chi connectivity index (χ3v) is 5.27. The highest BCUT2D eigenvalue weighted by molar-refractivity contribution is 5.99. The third kappa shape index (κ3) is 2.55. The predicted molar refractivity (Wildman–Crippen MR) is 110 cm³/mol. The maximum Gasteiger partial charge on any atom is 0.333 e. The van der Waals surface area contributed by atoms with Crippen LogP contribution in [0.1, 0.15) is 12.8 Å². The molecule has 2 aromatic carbocycles. The van der Waals surface area contributed by atoms with Crippen LogP contribution >= 0.6 is 0 Å². The zero-order valence-electron chi connectivity index (χ0n) is 15.3. The average molecular weight is 373 g/mol. The highest BCUT2D eigenvalue weighted by atomic mass is 16.2. The molecule has 0 atom stereocenters. The largest absolute Gasteiger partial charge is 0.398 e. The Hall–Kier alpha value is -3.61. The minimum atomic E-state index is -0.142. The van der Waals surface area contributed by atoms with Crippen LogP contribution in [0.4, 0.5) is 11.5 Å². The summed E-state index contributed by atoms with van der Waals surface area (Å²) < 4.78 is 3.26. The summed E-state index contributed by atoms with van der Waals surface area (Å²) in [5, 5.41) is 4.45. The van der Waals surface area contributed by atoms with Crippen LogP contribution in [0.15, 0.2) is 53.5 Å². The van der Waals surface area contributed by atoms with Gasteiger partial charge in [-0.15, -0.1) is 0 Å². The van der Waals surface area contributed by atoms with Gasteiger partial charge >= 0.3 is 5.69 Å². The normalized spacial score (nSPS) is 13.9. The Morgan fingerprint density at radius 1 is 1.18 bits per heavy atom. The Labute approximate surface area is 160 Å². The van der Waals surface area contributed by atoms with E-state index in [-0.39, 0.29) is 17.5 Å². The zero-order valence-corrected chi connectivity index (χ0v) is 15.3. The molecule has 0 aliphatic heterocycles. The molecule has 0 saturated heterocycles. The Morgan fingerprint density at radius 2 is 1.93 bits per heavy atom. The summed E-state index contributed by atoms with van der Waals surface area (Å²) in [5.41, 5.74) is 8.97. The number of aryl methyl sites for hydroxylation is 1. The molecule has 7 nitrogen and oxygen atoms in total. The smallest absolute Gasteiger partial charge is 0.333 e. The summed E-state index contributed by atoms with van der Waals surface area (Å²) in [6.07, 6.45) is 3.52.